The third-order valence-corrected chi connectivity index (χ3v) is 0.220. The molecule has 0 aliphatic rings. The minimum Gasteiger partial charge on any atom is -0.469 e. The van der Waals surface area contributed by atoms with Crippen LogP contribution in [0.25, 0.3) is 0 Å². The molecule has 0 radical (unpaired) electrons. The highest BCUT2D eigenvalue weighted by Crippen LogP contribution is 1.50. The summed E-state index contributed by atoms with van der Waals surface area (Å²) < 4.78 is 4.11. The van der Waals surface area contributed by atoms with Gasteiger partial charge in [0.2, 0.25) is 0 Å². The second-order valence-electron chi connectivity index (χ2n) is 0.568. The van der Waals surface area contributed by atoms with E-state index in [2.05, 4.69) is 10.5 Å². The van der Waals surface area contributed by atoms with Crippen LogP contribution < -0.4 is 5.73 Å². The van der Waals surface area contributed by atoms with Crippen LogP contribution in [-0.2, 0) is 4.74 Å². The predicted octanol–water partition coefficient (Wildman–Crippen LogP) is -0.0519. The third kappa shape index (κ3) is 9.59. The molecule has 38 valence electrons. The van der Waals surface area contributed by atoms with Gasteiger partial charge in [-0.2, -0.15) is 0 Å². The maximum atomic E-state index is 6.30. The van der Waals surface area contributed by atoms with Crippen molar-refractivity contribution in [3.05, 3.63) is 0 Å². The van der Waals surface area contributed by atoms with Crippen molar-refractivity contribution in [3.8, 4) is 0 Å². The van der Waals surface area contributed by atoms with Crippen molar-refractivity contribution in [1.29, 1.82) is 5.41 Å². The SMILES string of the molecule is CO[13C](=[15NH])[15NH2].Cl. The first kappa shape index (κ1) is 9.12. The molecule has 0 rings (SSSR count). The van der Waals surface area contributed by atoms with Gasteiger partial charge in [-0.25, -0.2) is 0 Å². The minimum absolute atomic E-state index is 0. The highest BCUT2D eigenvalue weighted by Gasteiger charge is 1.68. The van der Waals surface area contributed by atoms with Crippen LogP contribution in [-0.4, -0.2) is 13.1 Å². The Hall–Kier alpha value is -0.440. The Labute approximate surface area is 42.4 Å². The monoisotopic (exact) mass is 113 g/mol. The van der Waals surface area contributed by atoms with E-state index in [0.717, 1.165) is 0 Å². The molecule has 4 heteroatoms. The summed E-state index contributed by atoms with van der Waals surface area (Å²) in [6.45, 7) is 0. The molecule has 0 atom stereocenters. The van der Waals surface area contributed by atoms with E-state index in [1.807, 2.05) is 0 Å². The number of methoxy groups -OCH3 is 1. The predicted molar refractivity (Wildman–Crippen MR) is 26.2 cm³/mol. The molecule has 3 N–H and O–H groups in total. The van der Waals surface area contributed by atoms with Gasteiger partial charge in [0.05, 0.1) is 7.11 Å². The molecule has 0 bridgehead atoms. The van der Waals surface area contributed by atoms with Gasteiger partial charge in [0.1, 0.15) is 0 Å². The van der Waals surface area contributed by atoms with Crippen LogP contribution in [0.15, 0.2) is 0 Å². The number of amidine groups is 1. The van der Waals surface area contributed by atoms with Crippen molar-refractivity contribution in [2.45, 2.75) is 0 Å². The summed E-state index contributed by atoms with van der Waals surface area (Å²) in [7, 11) is 1.35. The number of nitrogens with one attached hydrogen (secondary N) is 1. The fourth-order valence-corrected chi connectivity index (χ4v) is 0. The zero-order chi connectivity index (χ0) is 4.28. The van der Waals surface area contributed by atoms with E-state index in [-0.39, 0.29) is 18.4 Å². The summed E-state index contributed by atoms with van der Waals surface area (Å²) in [4.78, 5) is 0. The molecule has 0 unspecified atom stereocenters. The van der Waals surface area contributed by atoms with Crippen LogP contribution >= 0.6 is 12.4 Å². The fraction of sp³-hybridized carbons (Fsp3) is 0.500. The smallest absolute Gasteiger partial charge is 0.278 e. The fourth-order valence-electron chi connectivity index (χ4n) is 0. The molecule has 0 aliphatic heterocycles. The lowest BCUT2D eigenvalue weighted by atomic mass is 11.7. The maximum absolute atomic E-state index is 6.30. The normalized spacial score (nSPS) is 5.50. The molecule has 6 heavy (non-hydrogen) atoms. The van der Waals surface area contributed by atoms with Crippen LogP contribution in [0.2, 0.25) is 0 Å². The Morgan fingerprint density at radius 2 is 2.00 bits per heavy atom. The number of halogens is 1. The van der Waals surface area contributed by atoms with Crippen LogP contribution in [0, 0.1) is 5.41 Å². The third-order valence-electron chi connectivity index (χ3n) is 0.220. The summed E-state index contributed by atoms with van der Waals surface area (Å²) in [5.74, 6) is 0. The van der Waals surface area contributed by atoms with Crippen LogP contribution in [0.3, 0.4) is 0 Å². The van der Waals surface area contributed by atoms with E-state index in [0.29, 0.717) is 0 Å². The highest BCUT2D eigenvalue weighted by molar-refractivity contribution is 5.85. The number of rotatable bonds is 0. The molecular weight excluding hydrogens is 106 g/mol. The molecule has 0 aromatic rings. The van der Waals surface area contributed by atoms with Crippen molar-refractivity contribution in [3.63, 3.8) is 0 Å². The first-order chi connectivity index (χ1) is 2.27. The molecule has 0 spiro atoms. The van der Waals surface area contributed by atoms with E-state index in [9.17, 15) is 0 Å². The molecule has 0 aromatic heterocycles. The highest BCUT2D eigenvalue weighted by atomic mass is 35.5. The van der Waals surface area contributed by atoms with E-state index < -0.39 is 0 Å². The molecular formula is C2H7ClN2O. The second kappa shape index (κ2) is 4.56. The van der Waals surface area contributed by atoms with Gasteiger partial charge in [0.15, 0.2) is 0 Å². The summed E-state index contributed by atoms with van der Waals surface area (Å²) >= 11 is 0. The molecule has 3 nitrogen and oxygen atoms in total. The Balaban J connectivity index is 0. The summed E-state index contributed by atoms with van der Waals surface area (Å²) in [5, 5.41) is 6.30. The zero-order valence-corrected chi connectivity index (χ0v) is 4.21. The Kier molecular flexibility index (Phi) is 6.93. The number of hydrogen-bond donors (Lipinski definition) is 2. The summed E-state index contributed by atoms with van der Waals surface area (Å²) in [6.07, 6.45) is 0. The van der Waals surface area contributed by atoms with E-state index in [4.69, 9.17) is 5.41 Å². The maximum Gasteiger partial charge on any atom is 0.278 e. The molecule has 0 saturated carbocycles. The van der Waals surface area contributed by atoms with Crippen molar-refractivity contribution >= 4 is 18.4 Å². The average Bonchev–Trinajstić information content (AvgIpc) is 1.38. The minimum atomic E-state index is -0.245. The van der Waals surface area contributed by atoms with Crippen molar-refractivity contribution in [2.75, 3.05) is 7.11 Å². The van der Waals surface area contributed by atoms with E-state index in [1.54, 1.807) is 0 Å². The number of hydrogen-bond acceptors (Lipinski definition) is 2. The van der Waals surface area contributed by atoms with Crippen molar-refractivity contribution in [1.82, 2.24) is 0 Å². The lowest BCUT2D eigenvalue weighted by Gasteiger charge is -1.85. The first-order valence-electron chi connectivity index (χ1n) is 1.15. The van der Waals surface area contributed by atoms with Gasteiger partial charge in [0, 0.05) is 0 Å². The summed E-state index contributed by atoms with van der Waals surface area (Å²) in [6, 6.07) is -0.245. The van der Waals surface area contributed by atoms with Gasteiger partial charge in [-0.3, -0.25) is 5.41 Å². The van der Waals surface area contributed by atoms with Gasteiger partial charge >= 0.3 is 0 Å². The molecule has 0 aliphatic carbocycles. The molecule has 0 aromatic carbocycles. The second-order valence-corrected chi connectivity index (χ2v) is 0.568. The Bertz CT molecular complexity index is 46.8. The number of ether oxygens (including phenoxy) is 1. The van der Waals surface area contributed by atoms with Gasteiger partial charge in [-0.15, -0.1) is 12.4 Å². The average molecular weight is 114 g/mol. The topological polar surface area (TPSA) is 59.1 Å². The van der Waals surface area contributed by atoms with Crippen LogP contribution in [0.5, 0.6) is 0 Å². The number of nitrogens with two attached hydrogens (primary N) is 1. The standard InChI is InChI=1S/C2H6N2O.ClH/c1-5-2(3)4;/h1H3,(H3,3,4);1H/i2+1,3+1,4+1;. The van der Waals surface area contributed by atoms with Crippen LogP contribution in [0.4, 0.5) is 0 Å². The quantitative estimate of drug-likeness (QED) is 0.200. The van der Waals surface area contributed by atoms with Crippen molar-refractivity contribution < 1.29 is 4.74 Å². The zero-order valence-electron chi connectivity index (χ0n) is 3.39. The molecule has 0 fully saturated rings. The van der Waals surface area contributed by atoms with E-state index in [1.165, 1.54) is 7.11 Å². The lowest BCUT2D eigenvalue weighted by molar-refractivity contribution is 0.393. The first-order valence-corrected chi connectivity index (χ1v) is 1.15. The Morgan fingerprint density at radius 1 is 1.83 bits per heavy atom. The lowest BCUT2D eigenvalue weighted by Crippen LogP contribution is -2.10. The summed E-state index contributed by atoms with van der Waals surface area (Å²) in [5.41, 5.74) is 4.65. The molecule has 0 amide bonds. The Morgan fingerprint density at radius 3 is 2.00 bits per heavy atom. The largest absolute Gasteiger partial charge is 0.469 e. The van der Waals surface area contributed by atoms with Gasteiger partial charge in [0.25, 0.3) is 6.02 Å². The van der Waals surface area contributed by atoms with E-state index >= 15 is 0 Å². The van der Waals surface area contributed by atoms with Crippen molar-refractivity contribution in [2.24, 2.45) is 5.73 Å². The van der Waals surface area contributed by atoms with Gasteiger partial charge in [-0.05, 0) is 0 Å². The molecule has 0 saturated heterocycles. The van der Waals surface area contributed by atoms with Gasteiger partial charge < -0.3 is 10.5 Å². The molecule has 0 heterocycles. The van der Waals surface area contributed by atoms with Gasteiger partial charge in [-0.1, -0.05) is 0 Å². The van der Waals surface area contributed by atoms with Crippen LogP contribution in [0.1, 0.15) is 0 Å².